The van der Waals surface area contributed by atoms with E-state index in [1.54, 1.807) is 0 Å². The Morgan fingerprint density at radius 2 is 1.83 bits per heavy atom. The molecule has 3 N–H and O–H groups in total. The highest BCUT2D eigenvalue weighted by Crippen LogP contribution is 2.42. The number of carboxylic acids is 1. The summed E-state index contributed by atoms with van der Waals surface area (Å²) in [7, 11) is 0. The van der Waals surface area contributed by atoms with Crippen LogP contribution in [0.4, 0.5) is 22.0 Å². The van der Waals surface area contributed by atoms with Crippen LogP contribution in [-0.2, 0) is 24.2 Å². The predicted octanol–water partition coefficient (Wildman–Crippen LogP) is 4.11. The molecule has 1 aliphatic rings. The van der Waals surface area contributed by atoms with E-state index in [9.17, 15) is 36.6 Å². The summed E-state index contributed by atoms with van der Waals surface area (Å²) in [6.07, 6.45) is -4.38. The zero-order chi connectivity index (χ0) is 25.5. The quantitative estimate of drug-likeness (QED) is 0.303. The Morgan fingerprint density at radius 3 is 2.46 bits per heavy atom. The van der Waals surface area contributed by atoms with E-state index in [2.05, 4.69) is 9.84 Å². The number of carbonyl (C=O) groups is 2. The third kappa shape index (κ3) is 4.61. The molecule has 0 unspecified atom stereocenters. The number of hydrogen-bond acceptors (Lipinski definition) is 5. The van der Waals surface area contributed by atoms with E-state index < -0.39 is 35.5 Å². The zero-order valence-electron chi connectivity index (χ0n) is 18.0. The summed E-state index contributed by atoms with van der Waals surface area (Å²) >= 11 is 0. The van der Waals surface area contributed by atoms with Crippen LogP contribution in [0.15, 0.2) is 30.3 Å². The number of carbonyl (C=O) groups excluding carboxylic acids is 1. The lowest BCUT2D eigenvalue weighted by Gasteiger charge is -2.20. The molecule has 35 heavy (non-hydrogen) atoms. The van der Waals surface area contributed by atoms with Crippen molar-refractivity contribution < 1.29 is 41.4 Å². The monoisotopic (exact) mass is 495 g/mol. The first kappa shape index (κ1) is 24.3. The van der Waals surface area contributed by atoms with Gasteiger partial charge in [-0.3, -0.25) is 4.68 Å². The smallest absolute Gasteiger partial charge is 0.477 e. The number of esters is 1. The number of carboxylic acid groups (broad SMARTS) is 1. The van der Waals surface area contributed by atoms with Crippen molar-refractivity contribution in [1.29, 1.82) is 0 Å². The fourth-order valence-corrected chi connectivity index (χ4v) is 4.03. The fourth-order valence-electron chi connectivity index (χ4n) is 4.03. The number of alkyl halides is 3. The molecule has 0 fully saturated rings. The third-order valence-electron chi connectivity index (χ3n) is 5.60. The van der Waals surface area contributed by atoms with Gasteiger partial charge in [0.1, 0.15) is 11.4 Å². The molecule has 0 radical (unpaired) electrons. The van der Waals surface area contributed by atoms with Gasteiger partial charge in [-0.2, -0.15) is 18.3 Å². The van der Waals surface area contributed by atoms with Crippen LogP contribution in [0, 0.1) is 11.6 Å². The van der Waals surface area contributed by atoms with Crippen LogP contribution in [0.2, 0.25) is 0 Å². The minimum Gasteiger partial charge on any atom is -0.477 e. The first-order chi connectivity index (χ1) is 16.5. The number of nitrogens with zero attached hydrogens (tertiary/aromatic N) is 2. The molecule has 12 heteroatoms. The Bertz CT molecular complexity index is 1330. The standard InChI is InChI=1S/C23H18F5N3O4/c24-16-5-3-11(8-17(16)25)14-10-15-12(9-18(14)35-22(34)23(26,27)28)2-4-13-19(15)30-31(7-1-6-29)20(13)21(32)33/h3,5,8-10H,1-2,4,6-7,29H2,(H,32,33). The number of fused-ring (bicyclic) bond motifs is 3. The number of ether oxygens (including phenoxy) is 1. The van der Waals surface area contributed by atoms with Crippen molar-refractivity contribution in [3.63, 3.8) is 0 Å². The summed E-state index contributed by atoms with van der Waals surface area (Å²) in [4.78, 5) is 23.5. The molecular weight excluding hydrogens is 477 g/mol. The minimum absolute atomic E-state index is 0.0268. The lowest BCUT2D eigenvalue weighted by Crippen LogP contribution is -2.28. The maximum absolute atomic E-state index is 13.9. The second-order valence-corrected chi connectivity index (χ2v) is 7.87. The van der Waals surface area contributed by atoms with Gasteiger partial charge in [0.15, 0.2) is 11.6 Å². The molecule has 0 amide bonds. The van der Waals surface area contributed by atoms with Crippen LogP contribution in [0.5, 0.6) is 5.75 Å². The Labute approximate surface area is 194 Å². The molecule has 0 spiro atoms. The van der Waals surface area contributed by atoms with Crippen molar-refractivity contribution in [2.45, 2.75) is 32.0 Å². The normalized spacial score (nSPS) is 12.7. The van der Waals surface area contributed by atoms with E-state index in [0.29, 0.717) is 35.3 Å². The number of aryl methyl sites for hydroxylation is 2. The van der Waals surface area contributed by atoms with Crippen molar-refractivity contribution in [2.24, 2.45) is 5.73 Å². The molecule has 3 aromatic rings. The summed E-state index contributed by atoms with van der Waals surface area (Å²) in [5.41, 5.74) is 6.88. The Hall–Kier alpha value is -3.80. The molecule has 1 aliphatic carbocycles. The van der Waals surface area contributed by atoms with Gasteiger partial charge in [0.2, 0.25) is 0 Å². The van der Waals surface area contributed by atoms with E-state index >= 15 is 0 Å². The molecule has 0 atom stereocenters. The lowest BCUT2D eigenvalue weighted by atomic mass is 9.86. The average molecular weight is 495 g/mol. The molecule has 0 aliphatic heterocycles. The second-order valence-electron chi connectivity index (χ2n) is 7.87. The van der Waals surface area contributed by atoms with E-state index in [0.717, 1.165) is 18.2 Å². The molecule has 1 aromatic heterocycles. The van der Waals surface area contributed by atoms with E-state index in [4.69, 9.17) is 5.73 Å². The van der Waals surface area contributed by atoms with Gasteiger partial charge in [-0.15, -0.1) is 0 Å². The molecule has 1 heterocycles. The van der Waals surface area contributed by atoms with Gasteiger partial charge >= 0.3 is 18.1 Å². The van der Waals surface area contributed by atoms with Crippen molar-refractivity contribution in [3.05, 3.63) is 58.8 Å². The van der Waals surface area contributed by atoms with Crippen molar-refractivity contribution in [1.82, 2.24) is 9.78 Å². The number of aromatic carboxylic acids is 1. The Kier molecular flexibility index (Phi) is 6.32. The average Bonchev–Trinajstić information content (AvgIpc) is 3.17. The molecule has 7 nitrogen and oxygen atoms in total. The van der Waals surface area contributed by atoms with Gasteiger partial charge in [-0.05, 0) is 61.2 Å². The predicted molar refractivity (Wildman–Crippen MR) is 113 cm³/mol. The largest absolute Gasteiger partial charge is 0.491 e. The molecule has 0 saturated carbocycles. The third-order valence-corrected chi connectivity index (χ3v) is 5.60. The summed E-state index contributed by atoms with van der Waals surface area (Å²) in [5.74, 6) is -6.60. The van der Waals surface area contributed by atoms with Gasteiger partial charge in [-0.25, -0.2) is 18.4 Å². The molecule has 0 bridgehead atoms. The van der Waals surface area contributed by atoms with Crippen LogP contribution in [0.25, 0.3) is 22.4 Å². The molecule has 4 rings (SSSR count). The first-order valence-electron chi connectivity index (χ1n) is 10.5. The number of rotatable bonds is 6. The summed E-state index contributed by atoms with van der Waals surface area (Å²) in [5, 5.41) is 14.1. The Balaban J connectivity index is 1.91. The minimum atomic E-state index is -5.29. The van der Waals surface area contributed by atoms with Crippen LogP contribution in [0.1, 0.15) is 28.0 Å². The highest BCUT2D eigenvalue weighted by Gasteiger charge is 2.42. The van der Waals surface area contributed by atoms with Gasteiger partial charge < -0.3 is 15.6 Å². The summed E-state index contributed by atoms with van der Waals surface area (Å²) in [6.45, 7) is 0.534. The van der Waals surface area contributed by atoms with Crippen molar-refractivity contribution in [3.8, 4) is 28.1 Å². The number of aromatic nitrogens is 2. The lowest BCUT2D eigenvalue weighted by molar-refractivity contribution is -0.189. The Morgan fingerprint density at radius 1 is 1.09 bits per heavy atom. The summed E-state index contributed by atoms with van der Waals surface area (Å²) < 4.78 is 72.0. The van der Waals surface area contributed by atoms with Crippen molar-refractivity contribution >= 4 is 11.9 Å². The number of hydrogen-bond donors (Lipinski definition) is 2. The number of nitrogens with two attached hydrogens (primary N) is 1. The van der Waals surface area contributed by atoms with Crippen LogP contribution >= 0.6 is 0 Å². The topological polar surface area (TPSA) is 107 Å². The van der Waals surface area contributed by atoms with Crippen molar-refractivity contribution in [2.75, 3.05) is 6.54 Å². The maximum Gasteiger partial charge on any atom is 0.491 e. The fraction of sp³-hybridized carbons (Fsp3) is 0.261. The maximum atomic E-state index is 13.9. The van der Waals surface area contributed by atoms with Gasteiger partial charge in [-0.1, -0.05) is 6.07 Å². The van der Waals surface area contributed by atoms with Crippen LogP contribution < -0.4 is 10.5 Å². The van der Waals surface area contributed by atoms with Gasteiger partial charge in [0.05, 0.1) is 5.69 Å². The molecule has 2 aromatic carbocycles. The number of halogens is 5. The van der Waals surface area contributed by atoms with Gasteiger partial charge in [0, 0.05) is 23.2 Å². The zero-order valence-corrected chi connectivity index (χ0v) is 18.0. The van der Waals surface area contributed by atoms with E-state index in [1.165, 1.54) is 16.8 Å². The highest BCUT2D eigenvalue weighted by molar-refractivity contribution is 5.92. The van der Waals surface area contributed by atoms with Crippen LogP contribution in [0.3, 0.4) is 0 Å². The van der Waals surface area contributed by atoms with E-state index in [-0.39, 0.29) is 36.2 Å². The highest BCUT2D eigenvalue weighted by atomic mass is 19.4. The SMILES string of the molecule is NCCCn1nc2c(c1C(=O)O)CCc1cc(OC(=O)C(F)(F)F)c(-c3ccc(F)c(F)c3)cc1-2. The van der Waals surface area contributed by atoms with Crippen LogP contribution in [-0.4, -0.2) is 39.5 Å². The number of benzene rings is 2. The van der Waals surface area contributed by atoms with Gasteiger partial charge in [0.25, 0.3) is 0 Å². The molecule has 0 saturated heterocycles. The second kappa shape index (κ2) is 9.10. The summed E-state index contributed by atoms with van der Waals surface area (Å²) in [6, 6.07) is 5.21. The molecule has 184 valence electrons. The molecular formula is C23H18F5N3O4. The van der Waals surface area contributed by atoms with E-state index in [1.807, 2.05) is 0 Å². The first-order valence-corrected chi connectivity index (χ1v) is 10.5.